The average Bonchev–Trinajstić information content (AvgIpc) is 2.35. The summed E-state index contributed by atoms with van der Waals surface area (Å²) < 4.78 is 0. The summed E-state index contributed by atoms with van der Waals surface area (Å²) in [5, 5.41) is 9.48. The van der Waals surface area contributed by atoms with Crippen LogP contribution in [0.2, 0.25) is 0 Å². The number of hydrogen-bond donors (Lipinski definition) is 1. The normalized spacial score (nSPS) is 15.6. The molecule has 0 atom stereocenters. The largest absolute Gasteiger partial charge is 0.365 e. The quantitative estimate of drug-likeness (QED) is 0.890. The average molecular weight is 242 g/mol. The number of anilines is 1. The van der Waals surface area contributed by atoms with Crippen LogP contribution in [0.4, 0.5) is 5.69 Å². The van der Waals surface area contributed by atoms with E-state index in [-0.39, 0.29) is 0 Å². The second kappa shape index (κ2) is 4.90. The van der Waals surface area contributed by atoms with Crippen molar-refractivity contribution in [3.05, 3.63) is 30.5 Å². The number of hydrogen-bond acceptors (Lipinski definition) is 4. The molecule has 94 valence electrons. The molecule has 1 aromatic carbocycles. The summed E-state index contributed by atoms with van der Waals surface area (Å²) in [6.07, 6.45) is 5.71. The molecule has 1 aliphatic rings. The van der Waals surface area contributed by atoms with E-state index in [4.69, 9.17) is 5.73 Å². The number of nitrogens with two attached hydrogens (primary N) is 1. The third-order valence-electron chi connectivity index (χ3n) is 3.72. The zero-order valence-corrected chi connectivity index (χ0v) is 10.4. The lowest BCUT2D eigenvalue weighted by molar-refractivity contribution is 0.388. The minimum Gasteiger partial charge on any atom is -0.365 e. The monoisotopic (exact) mass is 242 g/mol. The van der Waals surface area contributed by atoms with Gasteiger partial charge in [0.25, 0.3) is 0 Å². The predicted octanol–water partition coefficient (Wildman–Crippen LogP) is 1.95. The first kappa shape index (κ1) is 11.4. The predicted molar refractivity (Wildman–Crippen MR) is 73.6 cm³/mol. The summed E-state index contributed by atoms with van der Waals surface area (Å²) in [7, 11) is 0. The maximum atomic E-state index is 5.75. The lowest BCUT2D eigenvalue weighted by Crippen LogP contribution is -2.43. The van der Waals surface area contributed by atoms with Crippen LogP contribution in [0.3, 0.4) is 0 Å². The third kappa shape index (κ3) is 1.93. The molecule has 4 nitrogen and oxygen atoms in total. The summed E-state index contributed by atoms with van der Waals surface area (Å²) >= 11 is 0. The molecule has 0 unspecified atom stereocenters. The van der Waals surface area contributed by atoms with Gasteiger partial charge in [-0.1, -0.05) is 18.2 Å². The lowest BCUT2D eigenvalue weighted by atomic mass is 9.91. The van der Waals surface area contributed by atoms with Crippen LogP contribution in [0.25, 0.3) is 10.9 Å². The minimum atomic E-state index is 0.626. The second-order valence-electron chi connectivity index (χ2n) is 4.81. The Labute approximate surface area is 107 Å². The second-order valence-corrected chi connectivity index (χ2v) is 4.81. The van der Waals surface area contributed by atoms with Crippen LogP contribution in [0.1, 0.15) is 19.3 Å². The number of benzene rings is 1. The van der Waals surface area contributed by atoms with E-state index < -0.39 is 0 Å². The van der Waals surface area contributed by atoms with Gasteiger partial charge in [-0.3, -0.25) is 0 Å². The molecule has 1 fully saturated rings. The Morgan fingerprint density at radius 3 is 2.83 bits per heavy atom. The van der Waals surface area contributed by atoms with Crippen molar-refractivity contribution in [2.75, 3.05) is 18.0 Å². The highest BCUT2D eigenvalue weighted by molar-refractivity contribution is 5.90. The van der Waals surface area contributed by atoms with Gasteiger partial charge < -0.3 is 10.6 Å². The van der Waals surface area contributed by atoms with Crippen LogP contribution in [0, 0.1) is 0 Å². The van der Waals surface area contributed by atoms with Gasteiger partial charge in [0.2, 0.25) is 0 Å². The maximum absolute atomic E-state index is 5.75. The van der Waals surface area contributed by atoms with E-state index in [1.807, 2.05) is 18.3 Å². The fraction of sp³-hybridized carbons (Fsp3) is 0.429. The molecule has 2 N–H and O–H groups in total. The molecule has 0 aliphatic heterocycles. The summed E-state index contributed by atoms with van der Waals surface area (Å²) in [6.45, 7) is 1.56. The molecule has 18 heavy (non-hydrogen) atoms. The third-order valence-corrected chi connectivity index (χ3v) is 3.72. The maximum Gasteiger partial charge on any atom is 0.0950 e. The van der Waals surface area contributed by atoms with Crippen molar-refractivity contribution in [3.63, 3.8) is 0 Å². The van der Waals surface area contributed by atoms with Gasteiger partial charge in [-0.15, -0.1) is 0 Å². The fourth-order valence-electron chi connectivity index (χ4n) is 2.56. The summed E-state index contributed by atoms with van der Waals surface area (Å²) in [4.78, 5) is 2.40. The van der Waals surface area contributed by atoms with E-state index in [0.29, 0.717) is 12.6 Å². The molecule has 1 aromatic heterocycles. The van der Waals surface area contributed by atoms with E-state index >= 15 is 0 Å². The van der Waals surface area contributed by atoms with Gasteiger partial charge in [0.15, 0.2) is 0 Å². The molecule has 0 saturated heterocycles. The van der Waals surface area contributed by atoms with Crippen LogP contribution < -0.4 is 10.6 Å². The van der Waals surface area contributed by atoms with Crippen molar-refractivity contribution < 1.29 is 0 Å². The van der Waals surface area contributed by atoms with Gasteiger partial charge in [0.05, 0.1) is 17.4 Å². The van der Waals surface area contributed by atoms with Crippen molar-refractivity contribution in [1.82, 2.24) is 10.2 Å². The van der Waals surface area contributed by atoms with E-state index in [9.17, 15) is 0 Å². The van der Waals surface area contributed by atoms with Crippen molar-refractivity contribution in [2.24, 2.45) is 5.73 Å². The molecule has 1 aliphatic carbocycles. The molecule has 0 amide bonds. The van der Waals surface area contributed by atoms with Crippen LogP contribution in [-0.2, 0) is 0 Å². The number of fused-ring (bicyclic) bond motifs is 1. The van der Waals surface area contributed by atoms with E-state index in [1.165, 1.54) is 30.3 Å². The highest BCUT2D eigenvalue weighted by Gasteiger charge is 2.25. The Morgan fingerprint density at radius 1 is 1.28 bits per heavy atom. The molecule has 2 aromatic rings. The smallest absolute Gasteiger partial charge is 0.0950 e. The topological polar surface area (TPSA) is 55.0 Å². The molecule has 4 heteroatoms. The molecule has 3 rings (SSSR count). The van der Waals surface area contributed by atoms with Gasteiger partial charge in [0.1, 0.15) is 0 Å². The van der Waals surface area contributed by atoms with Crippen molar-refractivity contribution in [2.45, 2.75) is 25.3 Å². The van der Waals surface area contributed by atoms with Gasteiger partial charge in [-0.05, 0) is 25.3 Å². The van der Waals surface area contributed by atoms with Gasteiger partial charge in [-0.2, -0.15) is 10.2 Å². The van der Waals surface area contributed by atoms with Crippen LogP contribution >= 0.6 is 0 Å². The highest BCUT2D eigenvalue weighted by Crippen LogP contribution is 2.32. The lowest BCUT2D eigenvalue weighted by Gasteiger charge is -2.39. The van der Waals surface area contributed by atoms with Gasteiger partial charge in [0, 0.05) is 24.5 Å². The van der Waals surface area contributed by atoms with Crippen LogP contribution in [0.15, 0.2) is 30.5 Å². The number of aromatic nitrogens is 2. The zero-order chi connectivity index (χ0) is 12.4. The first-order chi connectivity index (χ1) is 8.90. The van der Waals surface area contributed by atoms with E-state index in [2.05, 4.69) is 27.2 Å². The molecule has 0 radical (unpaired) electrons. The Bertz CT molecular complexity index is 531. The first-order valence-corrected chi connectivity index (χ1v) is 6.57. The zero-order valence-electron chi connectivity index (χ0n) is 10.4. The molecular formula is C14H18N4. The van der Waals surface area contributed by atoms with E-state index in [0.717, 1.165) is 12.1 Å². The fourth-order valence-corrected chi connectivity index (χ4v) is 2.56. The van der Waals surface area contributed by atoms with Crippen LogP contribution in [-0.4, -0.2) is 29.3 Å². The Kier molecular flexibility index (Phi) is 3.11. The standard InChI is InChI=1S/C14H18N4/c15-8-9-18(11-4-3-5-11)14-10-16-17-13-7-2-1-6-12(13)14/h1-2,6-7,10-11H,3-5,8-9,15H2. The Balaban J connectivity index is 2.04. The molecule has 1 saturated carbocycles. The summed E-state index contributed by atoms with van der Waals surface area (Å²) in [5.41, 5.74) is 7.88. The van der Waals surface area contributed by atoms with Gasteiger partial charge in [-0.25, -0.2) is 0 Å². The van der Waals surface area contributed by atoms with Crippen molar-refractivity contribution in [1.29, 1.82) is 0 Å². The van der Waals surface area contributed by atoms with Crippen molar-refractivity contribution in [3.8, 4) is 0 Å². The SMILES string of the molecule is NCCN(c1cnnc2ccccc12)C1CCC1. The summed E-state index contributed by atoms with van der Waals surface area (Å²) in [6, 6.07) is 8.79. The van der Waals surface area contributed by atoms with E-state index in [1.54, 1.807) is 0 Å². The minimum absolute atomic E-state index is 0.626. The Morgan fingerprint density at radius 2 is 2.11 bits per heavy atom. The Hall–Kier alpha value is -1.68. The molecule has 1 heterocycles. The van der Waals surface area contributed by atoms with Crippen molar-refractivity contribution >= 4 is 16.6 Å². The molecule has 0 bridgehead atoms. The number of nitrogens with zero attached hydrogens (tertiary/aromatic N) is 3. The number of rotatable bonds is 4. The van der Waals surface area contributed by atoms with Crippen LogP contribution in [0.5, 0.6) is 0 Å². The van der Waals surface area contributed by atoms with Gasteiger partial charge >= 0.3 is 0 Å². The first-order valence-electron chi connectivity index (χ1n) is 6.57. The molecule has 0 spiro atoms. The molecular weight excluding hydrogens is 224 g/mol. The highest BCUT2D eigenvalue weighted by atomic mass is 15.2. The summed E-state index contributed by atoms with van der Waals surface area (Å²) in [5.74, 6) is 0.